The molecule has 0 amide bonds. The molecule has 0 bridgehead atoms. The molecule has 0 aliphatic carbocycles. The molecular formula is C20H23N3O5. The van der Waals surface area contributed by atoms with Crippen molar-refractivity contribution in [2.75, 3.05) is 13.2 Å². The molecule has 1 aromatic heterocycles. The van der Waals surface area contributed by atoms with E-state index in [4.69, 9.17) is 9.47 Å². The van der Waals surface area contributed by atoms with Crippen molar-refractivity contribution < 1.29 is 19.2 Å². The number of aryl methyl sites for hydroxylation is 1. The first-order valence-corrected chi connectivity index (χ1v) is 9.06. The molecule has 8 nitrogen and oxygen atoms in total. The van der Waals surface area contributed by atoms with Crippen molar-refractivity contribution in [3.05, 3.63) is 57.7 Å². The summed E-state index contributed by atoms with van der Waals surface area (Å²) >= 11 is 0. The number of carbonyl (C=O) groups is 1. The van der Waals surface area contributed by atoms with Crippen LogP contribution in [-0.2, 0) is 9.47 Å². The van der Waals surface area contributed by atoms with E-state index in [1.165, 1.54) is 18.4 Å². The van der Waals surface area contributed by atoms with Gasteiger partial charge in [0, 0.05) is 23.8 Å². The van der Waals surface area contributed by atoms with Crippen LogP contribution in [-0.4, -0.2) is 34.1 Å². The Morgan fingerprint density at radius 3 is 2.75 bits per heavy atom. The van der Waals surface area contributed by atoms with Crippen LogP contribution in [0.1, 0.15) is 48.6 Å². The van der Waals surface area contributed by atoms with Crippen LogP contribution in [0.4, 0.5) is 5.69 Å². The van der Waals surface area contributed by atoms with Gasteiger partial charge in [-0.15, -0.1) is 0 Å². The van der Waals surface area contributed by atoms with Crippen molar-refractivity contribution in [2.24, 2.45) is 0 Å². The number of hydrogen-bond donors (Lipinski definition) is 0. The van der Waals surface area contributed by atoms with Gasteiger partial charge < -0.3 is 9.47 Å². The van der Waals surface area contributed by atoms with Crippen LogP contribution in [0.2, 0.25) is 0 Å². The molecule has 1 heterocycles. The lowest BCUT2D eigenvalue weighted by Gasteiger charge is -2.12. The lowest BCUT2D eigenvalue weighted by Crippen LogP contribution is -2.12. The third kappa shape index (κ3) is 5.35. The van der Waals surface area contributed by atoms with Crippen molar-refractivity contribution in [3.63, 3.8) is 0 Å². The van der Waals surface area contributed by atoms with Crippen LogP contribution < -0.4 is 0 Å². The summed E-state index contributed by atoms with van der Waals surface area (Å²) in [5.41, 5.74) is 1.23. The minimum atomic E-state index is -0.573. The molecule has 0 saturated heterocycles. The maximum atomic E-state index is 12.4. The van der Waals surface area contributed by atoms with E-state index in [0.717, 1.165) is 12.8 Å². The van der Waals surface area contributed by atoms with Crippen LogP contribution in [0.15, 0.2) is 30.5 Å². The maximum absolute atomic E-state index is 12.4. The Morgan fingerprint density at radius 2 is 2.07 bits per heavy atom. The number of rotatable bonds is 9. The molecule has 0 radical (unpaired) electrons. The van der Waals surface area contributed by atoms with Crippen LogP contribution >= 0.6 is 0 Å². The molecule has 0 fully saturated rings. The summed E-state index contributed by atoms with van der Waals surface area (Å²) < 4.78 is 10.5. The molecule has 0 saturated carbocycles. The standard InChI is InChI=1S/C20H23N3O5/c1-4-6-11-27-12-10-17-21-14(3)18(20(24)28-5-2)19(22-17)15-8-7-9-16(13-15)23(25)26/h7-10,12-13H,4-6,11H2,1-3H3/b12-10+. The second-order valence-corrected chi connectivity index (χ2v) is 5.95. The van der Waals surface area contributed by atoms with Gasteiger partial charge in [-0.3, -0.25) is 10.1 Å². The topological polar surface area (TPSA) is 104 Å². The Balaban J connectivity index is 2.50. The normalized spacial score (nSPS) is 10.8. The highest BCUT2D eigenvalue weighted by Gasteiger charge is 2.22. The molecule has 1 aromatic carbocycles. The van der Waals surface area contributed by atoms with E-state index in [1.807, 2.05) is 0 Å². The number of hydrogen-bond acceptors (Lipinski definition) is 7. The molecule has 0 spiro atoms. The fourth-order valence-electron chi connectivity index (χ4n) is 2.50. The number of carbonyl (C=O) groups excluding carboxylic acids is 1. The lowest BCUT2D eigenvalue weighted by atomic mass is 10.0. The van der Waals surface area contributed by atoms with Crippen LogP contribution in [0.5, 0.6) is 0 Å². The average molecular weight is 385 g/mol. The molecule has 2 rings (SSSR count). The largest absolute Gasteiger partial charge is 0.501 e. The molecule has 8 heteroatoms. The van der Waals surface area contributed by atoms with Crippen LogP contribution in [0.25, 0.3) is 17.3 Å². The highest BCUT2D eigenvalue weighted by Crippen LogP contribution is 2.27. The quantitative estimate of drug-likeness (QED) is 0.208. The van der Waals surface area contributed by atoms with Crippen molar-refractivity contribution in [1.29, 1.82) is 0 Å². The summed E-state index contributed by atoms with van der Waals surface area (Å²) in [5.74, 6) is -0.236. The van der Waals surface area contributed by atoms with Gasteiger partial charge in [-0.25, -0.2) is 14.8 Å². The molecule has 0 atom stereocenters. The van der Waals surface area contributed by atoms with E-state index in [-0.39, 0.29) is 23.6 Å². The van der Waals surface area contributed by atoms with E-state index in [2.05, 4.69) is 16.9 Å². The number of nitro benzene ring substituents is 1. The van der Waals surface area contributed by atoms with Crippen molar-refractivity contribution in [2.45, 2.75) is 33.6 Å². The Kier molecular flexibility index (Phi) is 7.62. The lowest BCUT2D eigenvalue weighted by molar-refractivity contribution is -0.384. The van der Waals surface area contributed by atoms with E-state index in [1.54, 1.807) is 32.1 Å². The van der Waals surface area contributed by atoms with E-state index >= 15 is 0 Å². The second-order valence-electron chi connectivity index (χ2n) is 5.95. The number of nitrogens with zero attached hydrogens (tertiary/aromatic N) is 3. The Labute approximate surface area is 163 Å². The highest BCUT2D eigenvalue weighted by atomic mass is 16.6. The van der Waals surface area contributed by atoms with Gasteiger partial charge in [-0.05, 0) is 20.3 Å². The van der Waals surface area contributed by atoms with Gasteiger partial charge in [0.05, 0.1) is 35.8 Å². The number of non-ortho nitro benzene ring substituents is 1. The highest BCUT2D eigenvalue weighted by molar-refractivity contribution is 5.97. The summed E-state index contributed by atoms with van der Waals surface area (Å²) in [6, 6.07) is 5.95. The van der Waals surface area contributed by atoms with Gasteiger partial charge >= 0.3 is 5.97 Å². The first kappa shape index (κ1) is 21.0. The van der Waals surface area contributed by atoms with Crippen molar-refractivity contribution >= 4 is 17.7 Å². The zero-order valence-electron chi connectivity index (χ0n) is 16.2. The SMILES string of the molecule is CCCCO/C=C/c1nc(C)c(C(=O)OCC)c(-c2cccc([N+](=O)[O-])c2)n1. The summed E-state index contributed by atoms with van der Waals surface area (Å²) in [7, 11) is 0. The smallest absolute Gasteiger partial charge is 0.342 e. The predicted molar refractivity (Wildman–Crippen MR) is 105 cm³/mol. The third-order valence-corrected chi connectivity index (χ3v) is 3.85. The molecule has 2 aromatic rings. The van der Waals surface area contributed by atoms with Gasteiger partial charge in [0.15, 0.2) is 5.82 Å². The van der Waals surface area contributed by atoms with E-state index in [9.17, 15) is 14.9 Å². The zero-order valence-corrected chi connectivity index (χ0v) is 16.2. The Hall–Kier alpha value is -3.29. The fourth-order valence-corrected chi connectivity index (χ4v) is 2.50. The number of aromatic nitrogens is 2. The predicted octanol–water partition coefficient (Wildman–Crippen LogP) is 4.32. The van der Waals surface area contributed by atoms with E-state index in [0.29, 0.717) is 23.7 Å². The summed E-state index contributed by atoms with van der Waals surface area (Å²) in [4.78, 5) is 31.8. The molecule has 28 heavy (non-hydrogen) atoms. The molecule has 0 aliphatic heterocycles. The number of nitro groups is 1. The van der Waals surface area contributed by atoms with Gasteiger partial charge in [0.25, 0.3) is 5.69 Å². The van der Waals surface area contributed by atoms with Crippen molar-refractivity contribution in [1.82, 2.24) is 9.97 Å². The Bertz CT molecular complexity index is 880. The fraction of sp³-hybridized carbons (Fsp3) is 0.350. The first-order valence-electron chi connectivity index (χ1n) is 9.06. The third-order valence-electron chi connectivity index (χ3n) is 3.85. The molecule has 0 aliphatic rings. The first-order chi connectivity index (χ1) is 13.5. The summed E-state index contributed by atoms with van der Waals surface area (Å²) in [6.07, 6.45) is 5.06. The number of esters is 1. The second kappa shape index (κ2) is 10.1. The average Bonchev–Trinajstić information content (AvgIpc) is 2.67. The van der Waals surface area contributed by atoms with Gasteiger partial charge in [0.1, 0.15) is 5.56 Å². The van der Waals surface area contributed by atoms with Gasteiger partial charge in [0.2, 0.25) is 0 Å². The number of ether oxygens (including phenoxy) is 2. The minimum absolute atomic E-state index is 0.0939. The summed E-state index contributed by atoms with van der Waals surface area (Å²) in [5, 5.41) is 11.1. The van der Waals surface area contributed by atoms with Crippen molar-refractivity contribution in [3.8, 4) is 11.3 Å². The zero-order chi connectivity index (χ0) is 20.5. The number of unbranched alkanes of at least 4 members (excludes halogenated alkanes) is 1. The number of benzene rings is 1. The van der Waals surface area contributed by atoms with Crippen LogP contribution in [0, 0.1) is 17.0 Å². The minimum Gasteiger partial charge on any atom is -0.501 e. The van der Waals surface area contributed by atoms with Crippen LogP contribution in [0.3, 0.4) is 0 Å². The molecule has 0 unspecified atom stereocenters. The van der Waals surface area contributed by atoms with E-state index < -0.39 is 10.9 Å². The molecule has 148 valence electrons. The maximum Gasteiger partial charge on any atom is 0.342 e. The van der Waals surface area contributed by atoms with Gasteiger partial charge in [-0.1, -0.05) is 25.5 Å². The Morgan fingerprint density at radius 1 is 1.29 bits per heavy atom. The monoisotopic (exact) mass is 385 g/mol. The van der Waals surface area contributed by atoms with Gasteiger partial charge in [-0.2, -0.15) is 0 Å². The molecule has 0 N–H and O–H groups in total. The molecular weight excluding hydrogens is 362 g/mol. The summed E-state index contributed by atoms with van der Waals surface area (Å²) in [6.45, 7) is 6.22.